The third-order valence-electron chi connectivity index (χ3n) is 4.89. The van der Waals surface area contributed by atoms with Gasteiger partial charge >= 0.3 is 0 Å². The lowest BCUT2D eigenvalue weighted by Gasteiger charge is -2.34. The van der Waals surface area contributed by atoms with Crippen molar-refractivity contribution in [2.75, 3.05) is 13.2 Å². The highest BCUT2D eigenvalue weighted by atomic mass is 79.9. The lowest BCUT2D eigenvalue weighted by Crippen LogP contribution is -2.46. The summed E-state index contributed by atoms with van der Waals surface area (Å²) in [7, 11) is 0. The van der Waals surface area contributed by atoms with Gasteiger partial charge in [0.2, 0.25) is 0 Å². The topological polar surface area (TPSA) is 46.2 Å². The molecule has 1 aliphatic heterocycles. The zero-order chi connectivity index (χ0) is 23.0. The van der Waals surface area contributed by atoms with E-state index in [0.717, 1.165) is 14.5 Å². The van der Waals surface area contributed by atoms with Crippen LogP contribution in [0.4, 0.5) is 0 Å². The standard InChI is InChI=1S/C25H30Br2O5/c1-19-23(31-24(2,3)30-19)32-25(14-22(26)27,17-28-15-20-10-6-4-7-11-20)18-29-16-21-12-8-5-9-13-21/h4-14,19,23H,15-18H2,1-3H3. The van der Waals surface area contributed by atoms with Crippen molar-refractivity contribution in [3.05, 3.63) is 81.3 Å². The summed E-state index contributed by atoms with van der Waals surface area (Å²) in [6.07, 6.45) is 1.10. The highest BCUT2D eigenvalue weighted by Gasteiger charge is 2.44. The van der Waals surface area contributed by atoms with E-state index < -0.39 is 17.7 Å². The molecular weight excluding hydrogens is 540 g/mol. The van der Waals surface area contributed by atoms with Crippen LogP contribution in [0.25, 0.3) is 0 Å². The Balaban J connectivity index is 1.75. The Bertz CT molecular complexity index is 808. The largest absolute Gasteiger partial charge is 0.373 e. The van der Waals surface area contributed by atoms with Crippen LogP contribution in [0.5, 0.6) is 0 Å². The van der Waals surface area contributed by atoms with E-state index in [0.29, 0.717) is 13.2 Å². The molecule has 2 aromatic rings. The van der Waals surface area contributed by atoms with Crippen molar-refractivity contribution in [3.63, 3.8) is 0 Å². The fraction of sp³-hybridized carbons (Fsp3) is 0.440. The van der Waals surface area contributed by atoms with Gasteiger partial charge in [0, 0.05) is 0 Å². The van der Waals surface area contributed by atoms with Crippen LogP contribution < -0.4 is 0 Å². The van der Waals surface area contributed by atoms with Gasteiger partial charge in [0.25, 0.3) is 0 Å². The predicted octanol–water partition coefficient (Wildman–Crippen LogP) is 6.30. The van der Waals surface area contributed by atoms with Crippen LogP contribution in [-0.2, 0) is 36.9 Å². The van der Waals surface area contributed by atoms with Crippen LogP contribution in [0.3, 0.4) is 0 Å². The van der Waals surface area contributed by atoms with Gasteiger partial charge in [-0.15, -0.1) is 0 Å². The Morgan fingerprint density at radius 1 is 0.906 bits per heavy atom. The Morgan fingerprint density at radius 2 is 1.41 bits per heavy atom. The molecule has 1 heterocycles. The van der Waals surface area contributed by atoms with Crippen LogP contribution in [-0.4, -0.2) is 37.0 Å². The van der Waals surface area contributed by atoms with Gasteiger partial charge in [0.1, 0.15) is 11.7 Å². The second kappa shape index (κ2) is 11.9. The van der Waals surface area contributed by atoms with Crippen molar-refractivity contribution in [3.8, 4) is 0 Å². The Kier molecular flexibility index (Phi) is 9.49. The van der Waals surface area contributed by atoms with E-state index >= 15 is 0 Å². The molecule has 0 aromatic heterocycles. The zero-order valence-corrected chi connectivity index (χ0v) is 21.8. The van der Waals surface area contributed by atoms with E-state index in [1.165, 1.54) is 0 Å². The van der Waals surface area contributed by atoms with Crippen LogP contribution >= 0.6 is 31.9 Å². The SMILES string of the molecule is CC1OC(C)(C)OC1OC(C=C(Br)Br)(COCc1ccccc1)COCc1ccccc1. The van der Waals surface area contributed by atoms with Gasteiger partial charge in [-0.05, 0) is 69.8 Å². The molecule has 0 bridgehead atoms. The lowest BCUT2D eigenvalue weighted by molar-refractivity contribution is -0.239. The summed E-state index contributed by atoms with van der Waals surface area (Å²) in [6, 6.07) is 20.1. The quantitative estimate of drug-likeness (QED) is 0.317. The number of benzene rings is 2. The van der Waals surface area contributed by atoms with Gasteiger partial charge in [-0.2, -0.15) is 0 Å². The summed E-state index contributed by atoms with van der Waals surface area (Å²) < 4.78 is 31.3. The minimum atomic E-state index is -0.908. The van der Waals surface area contributed by atoms with Crippen molar-refractivity contribution in [1.82, 2.24) is 0 Å². The maximum absolute atomic E-state index is 6.50. The van der Waals surface area contributed by atoms with Gasteiger partial charge < -0.3 is 23.7 Å². The molecule has 2 unspecified atom stereocenters. The van der Waals surface area contributed by atoms with Crippen molar-refractivity contribution in [2.45, 2.75) is 57.8 Å². The molecule has 1 saturated heterocycles. The minimum Gasteiger partial charge on any atom is -0.373 e. The lowest BCUT2D eigenvalue weighted by atomic mass is 10.1. The molecule has 174 valence electrons. The van der Waals surface area contributed by atoms with E-state index in [1.807, 2.05) is 87.5 Å². The van der Waals surface area contributed by atoms with Crippen molar-refractivity contribution >= 4 is 31.9 Å². The Hall–Kier alpha value is -1.06. The van der Waals surface area contributed by atoms with Gasteiger partial charge in [0.15, 0.2) is 12.1 Å². The van der Waals surface area contributed by atoms with E-state index in [2.05, 4.69) is 31.9 Å². The maximum Gasteiger partial charge on any atom is 0.188 e. The van der Waals surface area contributed by atoms with Crippen molar-refractivity contribution in [2.24, 2.45) is 0 Å². The first-order valence-corrected chi connectivity index (χ1v) is 12.2. The molecule has 3 rings (SSSR count). The van der Waals surface area contributed by atoms with Gasteiger partial charge in [0.05, 0.1) is 29.8 Å². The van der Waals surface area contributed by atoms with E-state index in [-0.39, 0.29) is 19.3 Å². The molecule has 0 spiro atoms. The summed E-state index contributed by atoms with van der Waals surface area (Å²) in [5, 5.41) is 0. The van der Waals surface area contributed by atoms with Gasteiger partial charge in [-0.3, -0.25) is 0 Å². The first-order valence-electron chi connectivity index (χ1n) is 10.6. The third-order valence-corrected chi connectivity index (χ3v) is 5.35. The van der Waals surface area contributed by atoms with E-state index in [4.69, 9.17) is 23.7 Å². The summed E-state index contributed by atoms with van der Waals surface area (Å²) in [5.41, 5.74) is 1.26. The fourth-order valence-corrected chi connectivity index (χ4v) is 4.35. The third kappa shape index (κ3) is 8.06. The summed E-state index contributed by atoms with van der Waals surface area (Å²) >= 11 is 6.97. The molecule has 2 aromatic carbocycles. The molecule has 2 atom stereocenters. The summed E-state index contributed by atoms with van der Waals surface area (Å²) in [6.45, 7) is 7.15. The summed E-state index contributed by atoms with van der Waals surface area (Å²) in [5.74, 6) is -0.721. The van der Waals surface area contributed by atoms with Crippen molar-refractivity contribution < 1.29 is 23.7 Å². The number of ether oxygens (including phenoxy) is 5. The molecule has 5 nitrogen and oxygen atoms in total. The molecule has 0 saturated carbocycles. The molecule has 0 radical (unpaired) electrons. The Labute approximate surface area is 207 Å². The summed E-state index contributed by atoms with van der Waals surface area (Å²) in [4.78, 5) is 0. The molecule has 1 aliphatic rings. The predicted molar refractivity (Wildman–Crippen MR) is 131 cm³/mol. The number of hydrogen-bond donors (Lipinski definition) is 0. The fourth-order valence-electron chi connectivity index (χ4n) is 3.52. The molecule has 0 amide bonds. The number of rotatable bonds is 11. The molecule has 0 aliphatic carbocycles. The van der Waals surface area contributed by atoms with Crippen LogP contribution in [0.15, 0.2) is 70.1 Å². The number of hydrogen-bond acceptors (Lipinski definition) is 5. The van der Waals surface area contributed by atoms with Crippen LogP contribution in [0, 0.1) is 0 Å². The highest BCUT2D eigenvalue weighted by Crippen LogP contribution is 2.34. The first-order chi connectivity index (χ1) is 15.3. The monoisotopic (exact) mass is 568 g/mol. The van der Waals surface area contributed by atoms with Gasteiger partial charge in [-0.1, -0.05) is 60.7 Å². The van der Waals surface area contributed by atoms with E-state index in [9.17, 15) is 0 Å². The molecule has 7 heteroatoms. The second-order valence-corrected chi connectivity index (χ2v) is 11.1. The average molecular weight is 570 g/mol. The van der Waals surface area contributed by atoms with Crippen LogP contribution in [0.1, 0.15) is 31.9 Å². The maximum atomic E-state index is 6.50. The Morgan fingerprint density at radius 3 is 1.81 bits per heavy atom. The number of halogens is 2. The zero-order valence-electron chi connectivity index (χ0n) is 18.6. The van der Waals surface area contributed by atoms with E-state index in [1.54, 1.807) is 0 Å². The molecule has 32 heavy (non-hydrogen) atoms. The van der Waals surface area contributed by atoms with Crippen LogP contribution in [0.2, 0.25) is 0 Å². The smallest absolute Gasteiger partial charge is 0.188 e. The highest BCUT2D eigenvalue weighted by molar-refractivity contribution is 9.28. The van der Waals surface area contributed by atoms with Crippen molar-refractivity contribution in [1.29, 1.82) is 0 Å². The minimum absolute atomic E-state index is 0.241. The first kappa shape index (κ1) is 25.6. The molecular formula is C25H30Br2O5. The molecule has 0 N–H and O–H groups in total. The normalized spacial score (nSPS) is 20.3. The average Bonchev–Trinajstić information content (AvgIpc) is 3.00. The molecule has 1 fully saturated rings. The van der Waals surface area contributed by atoms with Gasteiger partial charge in [-0.25, -0.2) is 0 Å². The second-order valence-electron chi connectivity index (χ2n) is 8.28.